The van der Waals surface area contributed by atoms with E-state index in [2.05, 4.69) is 55.6 Å². The molecule has 0 fully saturated rings. The van der Waals surface area contributed by atoms with Crippen LogP contribution in [0.15, 0.2) is 42.0 Å². The molecule has 1 heteroatoms. The molecule has 0 amide bonds. The third-order valence-electron chi connectivity index (χ3n) is 3.96. The maximum Gasteiger partial charge on any atom is 0.0637 e. The SMILES string of the molecule is C[Si]1(C)CC=CCC2=Cc3ccccc3[C@@H]21. The summed E-state index contributed by atoms with van der Waals surface area (Å²) >= 11 is 0. The van der Waals surface area contributed by atoms with Gasteiger partial charge in [0.25, 0.3) is 0 Å². The number of hydrogen-bond acceptors (Lipinski definition) is 0. The Bertz CT molecular complexity index is 480. The molecule has 1 aliphatic heterocycles. The third kappa shape index (κ3) is 1.42. The van der Waals surface area contributed by atoms with Crippen LogP contribution >= 0.6 is 0 Å². The molecule has 0 saturated carbocycles. The first-order chi connectivity index (χ1) is 7.68. The Morgan fingerprint density at radius 2 is 1.94 bits per heavy atom. The molecule has 0 radical (unpaired) electrons. The third-order valence-corrected chi connectivity index (χ3v) is 7.50. The molecule has 0 unspecified atom stereocenters. The van der Waals surface area contributed by atoms with Crippen LogP contribution in [0.5, 0.6) is 0 Å². The van der Waals surface area contributed by atoms with Crippen molar-refractivity contribution in [1.82, 2.24) is 0 Å². The lowest BCUT2D eigenvalue weighted by Crippen LogP contribution is -2.33. The molecule has 3 rings (SSSR count). The fourth-order valence-corrected chi connectivity index (χ4v) is 6.53. The number of hydrogen-bond donors (Lipinski definition) is 0. The Balaban J connectivity index is 2.15. The van der Waals surface area contributed by atoms with Gasteiger partial charge in [0.05, 0.1) is 8.07 Å². The van der Waals surface area contributed by atoms with Crippen molar-refractivity contribution in [3.63, 3.8) is 0 Å². The zero-order chi connectivity index (χ0) is 11.2. The fraction of sp³-hybridized carbons (Fsp3) is 0.333. The Labute approximate surface area is 98.7 Å². The van der Waals surface area contributed by atoms with Crippen molar-refractivity contribution in [3.05, 3.63) is 53.1 Å². The van der Waals surface area contributed by atoms with E-state index in [4.69, 9.17) is 0 Å². The first-order valence-electron chi connectivity index (χ1n) is 6.13. The number of allylic oxidation sites excluding steroid dienone is 3. The summed E-state index contributed by atoms with van der Waals surface area (Å²) in [6.07, 6.45) is 8.38. The van der Waals surface area contributed by atoms with Crippen molar-refractivity contribution in [2.75, 3.05) is 0 Å². The van der Waals surface area contributed by atoms with Crippen molar-refractivity contribution < 1.29 is 0 Å². The number of fused-ring (bicyclic) bond motifs is 3. The normalized spacial score (nSPS) is 25.6. The molecular weight excluding hydrogens is 208 g/mol. The number of rotatable bonds is 0. The highest BCUT2D eigenvalue weighted by Crippen LogP contribution is 2.46. The van der Waals surface area contributed by atoms with Crippen LogP contribution in [0, 0.1) is 0 Å². The van der Waals surface area contributed by atoms with Crippen LogP contribution in [-0.4, -0.2) is 8.07 Å². The van der Waals surface area contributed by atoms with Crippen LogP contribution in [0.3, 0.4) is 0 Å². The molecule has 0 nitrogen and oxygen atoms in total. The molecule has 2 aliphatic rings. The van der Waals surface area contributed by atoms with Gasteiger partial charge < -0.3 is 0 Å². The van der Waals surface area contributed by atoms with E-state index in [1.54, 1.807) is 11.1 Å². The minimum absolute atomic E-state index is 0.763. The predicted molar refractivity (Wildman–Crippen MR) is 73.2 cm³/mol. The van der Waals surface area contributed by atoms with Gasteiger partial charge in [-0.2, -0.15) is 0 Å². The second kappa shape index (κ2) is 3.46. The second-order valence-electron chi connectivity index (χ2n) is 5.65. The van der Waals surface area contributed by atoms with Crippen LogP contribution < -0.4 is 0 Å². The van der Waals surface area contributed by atoms with Gasteiger partial charge in [-0.3, -0.25) is 0 Å². The Kier molecular flexibility index (Phi) is 2.18. The van der Waals surface area contributed by atoms with Crippen LogP contribution in [0.4, 0.5) is 0 Å². The molecule has 0 bridgehead atoms. The standard InChI is InChI=1S/C15H18Si/c1-16(2)10-6-5-8-13-11-12-7-3-4-9-14(12)15(13)16/h3-7,9,11,15H,8,10H2,1-2H3/t15-/m1/s1. The molecule has 1 aromatic carbocycles. The van der Waals surface area contributed by atoms with E-state index in [9.17, 15) is 0 Å². The Morgan fingerprint density at radius 1 is 1.12 bits per heavy atom. The van der Waals surface area contributed by atoms with Gasteiger partial charge in [0.15, 0.2) is 0 Å². The molecule has 1 aliphatic carbocycles. The molecule has 0 N–H and O–H groups in total. The van der Waals surface area contributed by atoms with E-state index in [-0.39, 0.29) is 0 Å². The van der Waals surface area contributed by atoms with E-state index in [0.29, 0.717) is 0 Å². The van der Waals surface area contributed by atoms with Gasteiger partial charge in [0.2, 0.25) is 0 Å². The maximum absolute atomic E-state index is 2.53. The molecule has 1 aromatic rings. The molecule has 0 saturated heterocycles. The predicted octanol–water partition coefficient (Wildman–Crippen LogP) is 4.37. The highest BCUT2D eigenvalue weighted by molar-refractivity contribution is 6.80. The summed E-state index contributed by atoms with van der Waals surface area (Å²) < 4.78 is 0. The van der Waals surface area contributed by atoms with E-state index in [1.165, 1.54) is 11.6 Å². The topological polar surface area (TPSA) is 0 Å². The van der Waals surface area contributed by atoms with Gasteiger partial charge in [-0.25, -0.2) is 0 Å². The lowest BCUT2D eigenvalue weighted by Gasteiger charge is -2.30. The minimum atomic E-state index is -1.18. The summed E-state index contributed by atoms with van der Waals surface area (Å²) in [5, 5.41) is 0. The molecule has 16 heavy (non-hydrogen) atoms. The van der Waals surface area contributed by atoms with Gasteiger partial charge in [0, 0.05) is 5.54 Å². The maximum atomic E-state index is 2.53. The average Bonchev–Trinajstić information content (AvgIpc) is 2.56. The van der Waals surface area contributed by atoms with Crippen molar-refractivity contribution in [3.8, 4) is 0 Å². The van der Waals surface area contributed by atoms with Crippen molar-refractivity contribution in [2.24, 2.45) is 0 Å². The van der Waals surface area contributed by atoms with Gasteiger partial charge in [-0.05, 0) is 23.6 Å². The number of benzene rings is 1. The highest BCUT2D eigenvalue weighted by Gasteiger charge is 2.38. The first-order valence-corrected chi connectivity index (χ1v) is 9.41. The molecule has 1 atom stereocenters. The van der Waals surface area contributed by atoms with E-state index < -0.39 is 8.07 Å². The quantitative estimate of drug-likeness (QED) is 0.455. The van der Waals surface area contributed by atoms with Crippen molar-refractivity contribution in [2.45, 2.75) is 31.1 Å². The molecule has 0 spiro atoms. The fourth-order valence-electron chi connectivity index (χ4n) is 3.21. The van der Waals surface area contributed by atoms with Crippen molar-refractivity contribution in [1.29, 1.82) is 0 Å². The summed E-state index contributed by atoms with van der Waals surface area (Å²) in [4.78, 5) is 0. The first kappa shape index (κ1) is 10.1. The largest absolute Gasteiger partial charge is 0.0908 e. The molecule has 82 valence electrons. The van der Waals surface area contributed by atoms with Crippen molar-refractivity contribution >= 4 is 14.1 Å². The Hall–Kier alpha value is -1.08. The van der Waals surface area contributed by atoms with E-state index in [0.717, 1.165) is 12.0 Å². The zero-order valence-electron chi connectivity index (χ0n) is 10.0. The Morgan fingerprint density at radius 3 is 2.81 bits per heavy atom. The van der Waals surface area contributed by atoms with Gasteiger partial charge in [-0.15, -0.1) is 0 Å². The average molecular weight is 226 g/mol. The summed E-state index contributed by atoms with van der Waals surface area (Å²) in [7, 11) is -1.18. The summed E-state index contributed by atoms with van der Waals surface area (Å²) in [6, 6.07) is 10.3. The van der Waals surface area contributed by atoms with E-state index in [1.807, 2.05) is 0 Å². The van der Waals surface area contributed by atoms with Gasteiger partial charge in [0.1, 0.15) is 0 Å². The summed E-state index contributed by atoms with van der Waals surface area (Å²) in [5.41, 5.74) is 5.49. The zero-order valence-corrected chi connectivity index (χ0v) is 11.0. The van der Waals surface area contributed by atoms with E-state index >= 15 is 0 Å². The van der Waals surface area contributed by atoms with Gasteiger partial charge in [-0.1, -0.05) is 61.2 Å². The van der Waals surface area contributed by atoms with Crippen LogP contribution in [0.1, 0.15) is 23.1 Å². The van der Waals surface area contributed by atoms with Crippen LogP contribution in [0.2, 0.25) is 19.1 Å². The lowest BCUT2D eigenvalue weighted by atomic mass is 10.1. The lowest BCUT2D eigenvalue weighted by molar-refractivity contribution is 1.03. The summed E-state index contributed by atoms with van der Waals surface area (Å²) in [6.45, 7) is 5.06. The highest BCUT2D eigenvalue weighted by atomic mass is 28.3. The van der Waals surface area contributed by atoms with Crippen LogP contribution in [-0.2, 0) is 0 Å². The monoisotopic (exact) mass is 226 g/mol. The molecule has 1 heterocycles. The second-order valence-corrected chi connectivity index (χ2v) is 10.6. The molecule has 0 aromatic heterocycles. The smallest absolute Gasteiger partial charge is 0.0637 e. The van der Waals surface area contributed by atoms with Gasteiger partial charge >= 0.3 is 0 Å². The summed E-state index contributed by atoms with van der Waals surface area (Å²) in [5.74, 6) is 0. The molecular formula is C15H18Si. The van der Waals surface area contributed by atoms with Crippen LogP contribution in [0.25, 0.3) is 6.08 Å². The minimum Gasteiger partial charge on any atom is -0.0908 e.